The Kier molecular flexibility index (Phi) is 4.67. The summed E-state index contributed by atoms with van der Waals surface area (Å²) in [6, 6.07) is 4.26. The molecule has 0 spiro atoms. The Morgan fingerprint density at radius 2 is 2.25 bits per heavy atom. The summed E-state index contributed by atoms with van der Waals surface area (Å²) in [5.74, 6) is 0.146. The van der Waals surface area contributed by atoms with Crippen molar-refractivity contribution in [2.24, 2.45) is 0 Å². The zero-order valence-corrected chi connectivity index (χ0v) is 12.4. The number of thiophene rings is 1. The lowest BCUT2D eigenvalue weighted by Gasteiger charge is -2.36. The van der Waals surface area contributed by atoms with E-state index in [4.69, 9.17) is 4.74 Å². The van der Waals surface area contributed by atoms with Crippen molar-refractivity contribution in [3.63, 3.8) is 0 Å². The number of amides is 1. The van der Waals surface area contributed by atoms with Gasteiger partial charge in [-0.2, -0.15) is 0 Å². The van der Waals surface area contributed by atoms with Gasteiger partial charge in [0.25, 0.3) is 5.91 Å². The minimum atomic E-state index is -0.285. The van der Waals surface area contributed by atoms with Crippen molar-refractivity contribution in [2.75, 3.05) is 45.9 Å². The van der Waals surface area contributed by atoms with Crippen LogP contribution in [0.15, 0.2) is 17.5 Å². The van der Waals surface area contributed by atoms with Gasteiger partial charge in [0.15, 0.2) is 0 Å². The zero-order chi connectivity index (χ0) is 13.8. The molecule has 2 saturated heterocycles. The van der Waals surface area contributed by atoms with Gasteiger partial charge < -0.3 is 15.0 Å². The molecule has 1 aromatic heterocycles. The molecule has 5 nitrogen and oxygen atoms in total. The van der Waals surface area contributed by atoms with Crippen LogP contribution in [0.4, 0.5) is 0 Å². The van der Waals surface area contributed by atoms with E-state index in [1.165, 1.54) is 4.88 Å². The zero-order valence-electron chi connectivity index (χ0n) is 11.6. The first-order valence-corrected chi connectivity index (χ1v) is 8.07. The van der Waals surface area contributed by atoms with Crippen LogP contribution in [0, 0.1) is 0 Å². The van der Waals surface area contributed by atoms with Crippen LogP contribution in [0.2, 0.25) is 0 Å². The fourth-order valence-corrected chi connectivity index (χ4v) is 3.42. The molecule has 0 aliphatic carbocycles. The summed E-state index contributed by atoms with van der Waals surface area (Å²) in [7, 11) is 0. The summed E-state index contributed by atoms with van der Waals surface area (Å²) in [5.41, 5.74) is 0. The fourth-order valence-electron chi connectivity index (χ4n) is 2.68. The molecule has 3 rings (SSSR count). The number of carbonyl (C=O) groups excluding carboxylic acids is 1. The van der Waals surface area contributed by atoms with Crippen LogP contribution in [0.1, 0.15) is 4.88 Å². The number of hydrogen-bond acceptors (Lipinski definition) is 5. The maximum Gasteiger partial charge on any atom is 0.253 e. The summed E-state index contributed by atoms with van der Waals surface area (Å²) in [5, 5.41) is 5.33. The van der Waals surface area contributed by atoms with Crippen molar-refractivity contribution < 1.29 is 9.53 Å². The van der Waals surface area contributed by atoms with E-state index < -0.39 is 0 Å². The van der Waals surface area contributed by atoms with Crippen LogP contribution in [0.25, 0.3) is 0 Å². The molecule has 3 heterocycles. The Bertz CT molecular complexity index is 424. The molecule has 1 atom stereocenters. The maximum atomic E-state index is 12.3. The maximum absolute atomic E-state index is 12.3. The molecule has 20 heavy (non-hydrogen) atoms. The molecular weight excluding hydrogens is 274 g/mol. The average molecular weight is 295 g/mol. The summed E-state index contributed by atoms with van der Waals surface area (Å²) in [4.78, 5) is 18.1. The van der Waals surface area contributed by atoms with Crippen LogP contribution in [-0.4, -0.2) is 67.7 Å². The molecule has 1 unspecified atom stereocenters. The van der Waals surface area contributed by atoms with Gasteiger partial charge in [-0.25, -0.2) is 0 Å². The standard InChI is InChI=1S/C14H21N3O2S/c18-14(13-10-15-3-8-19-13)17-6-4-16(5-7-17)11-12-2-1-9-20-12/h1-2,9,13,15H,3-8,10-11H2. The molecule has 0 saturated carbocycles. The summed E-state index contributed by atoms with van der Waals surface area (Å²) in [6.45, 7) is 6.64. The Labute approximate surface area is 123 Å². The topological polar surface area (TPSA) is 44.8 Å². The molecule has 1 amide bonds. The molecule has 2 aliphatic heterocycles. The van der Waals surface area contributed by atoms with Crippen LogP contribution < -0.4 is 5.32 Å². The lowest BCUT2D eigenvalue weighted by atomic mass is 10.2. The monoisotopic (exact) mass is 295 g/mol. The highest BCUT2D eigenvalue weighted by molar-refractivity contribution is 7.09. The van der Waals surface area contributed by atoms with Gasteiger partial charge in [0.1, 0.15) is 6.10 Å². The Morgan fingerprint density at radius 3 is 2.90 bits per heavy atom. The predicted molar refractivity (Wildman–Crippen MR) is 78.8 cm³/mol. The average Bonchev–Trinajstić information content (AvgIpc) is 3.01. The molecule has 2 fully saturated rings. The Balaban J connectivity index is 1.46. The summed E-state index contributed by atoms with van der Waals surface area (Å²) >= 11 is 1.80. The third-order valence-corrected chi connectivity index (χ3v) is 4.71. The largest absolute Gasteiger partial charge is 0.366 e. The van der Waals surface area contributed by atoms with E-state index in [2.05, 4.69) is 27.7 Å². The van der Waals surface area contributed by atoms with Crippen LogP contribution in [0.3, 0.4) is 0 Å². The minimum absolute atomic E-state index is 0.146. The second-order valence-corrected chi connectivity index (χ2v) is 6.28. The van der Waals surface area contributed by atoms with Crippen LogP contribution >= 0.6 is 11.3 Å². The predicted octanol–water partition coefficient (Wildman–Crippen LogP) is 0.381. The van der Waals surface area contributed by atoms with E-state index in [1.807, 2.05) is 4.90 Å². The quantitative estimate of drug-likeness (QED) is 0.876. The fraction of sp³-hybridized carbons (Fsp3) is 0.643. The first-order chi connectivity index (χ1) is 9.83. The Morgan fingerprint density at radius 1 is 1.40 bits per heavy atom. The van der Waals surface area contributed by atoms with Gasteiger partial charge in [-0.3, -0.25) is 9.69 Å². The van der Waals surface area contributed by atoms with E-state index in [-0.39, 0.29) is 12.0 Å². The van der Waals surface area contributed by atoms with Crippen molar-refractivity contribution in [3.05, 3.63) is 22.4 Å². The van der Waals surface area contributed by atoms with Crippen molar-refractivity contribution in [2.45, 2.75) is 12.6 Å². The van der Waals surface area contributed by atoms with Crippen molar-refractivity contribution in [1.82, 2.24) is 15.1 Å². The number of piperazine rings is 1. The van der Waals surface area contributed by atoms with E-state index in [1.54, 1.807) is 11.3 Å². The SMILES string of the molecule is O=C(C1CNCCO1)N1CCN(Cc2cccs2)CC1. The molecular formula is C14H21N3O2S. The Hall–Kier alpha value is -0.950. The van der Waals surface area contributed by atoms with Gasteiger partial charge in [0, 0.05) is 50.7 Å². The van der Waals surface area contributed by atoms with Crippen molar-refractivity contribution in [1.29, 1.82) is 0 Å². The molecule has 0 radical (unpaired) electrons. The third-order valence-electron chi connectivity index (χ3n) is 3.85. The minimum Gasteiger partial charge on any atom is -0.366 e. The van der Waals surface area contributed by atoms with E-state index in [0.29, 0.717) is 13.2 Å². The van der Waals surface area contributed by atoms with Gasteiger partial charge >= 0.3 is 0 Å². The second kappa shape index (κ2) is 6.67. The van der Waals surface area contributed by atoms with Crippen LogP contribution in [-0.2, 0) is 16.1 Å². The van der Waals surface area contributed by atoms with Gasteiger partial charge in [0.2, 0.25) is 0 Å². The normalized spacial score (nSPS) is 24.8. The van der Waals surface area contributed by atoms with Gasteiger partial charge in [-0.15, -0.1) is 11.3 Å². The van der Waals surface area contributed by atoms with Crippen LogP contribution in [0.5, 0.6) is 0 Å². The molecule has 6 heteroatoms. The number of carbonyl (C=O) groups is 1. The highest BCUT2D eigenvalue weighted by Crippen LogP contribution is 2.14. The van der Waals surface area contributed by atoms with Gasteiger partial charge in [-0.05, 0) is 11.4 Å². The molecule has 0 bridgehead atoms. The van der Waals surface area contributed by atoms with Crippen molar-refractivity contribution >= 4 is 17.2 Å². The molecule has 2 aliphatic rings. The number of hydrogen-bond donors (Lipinski definition) is 1. The number of nitrogens with one attached hydrogen (secondary N) is 1. The summed E-state index contributed by atoms with van der Waals surface area (Å²) < 4.78 is 5.54. The molecule has 1 N–H and O–H groups in total. The third kappa shape index (κ3) is 3.38. The number of morpholine rings is 1. The molecule has 110 valence electrons. The number of nitrogens with zero attached hydrogens (tertiary/aromatic N) is 2. The second-order valence-electron chi connectivity index (χ2n) is 5.24. The molecule has 0 aromatic carbocycles. The highest BCUT2D eigenvalue weighted by atomic mass is 32.1. The lowest BCUT2D eigenvalue weighted by Crippen LogP contribution is -2.54. The lowest BCUT2D eigenvalue weighted by molar-refractivity contribution is -0.147. The smallest absolute Gasteiger partial charge is 0.253 e. The molecule has 1 aromatic rings. The van der Waals surface area contributed by atoms with E-state index >= 15 is 0 Å². The number of ether oxygens (including phenoxy) is 1. The van der Waals surface area contributed by atoms with E-state index in [9.17, 15) is 4.79 Å². The van der Waals surface area contributed by atoms with Gasteiger partial charge in [-0.1, -0.05) is 6.07 Å². The summed E-state index contributed by atoms with van der Waals surface area (Å²) in [6.07, 6.45) is -0.285. The first-order valence-electron chi connectivity index (χ1n) is 7.19. The first kappa shape index (κ1) is 14.0. The van der Waals surface area contributed by atoms with Gasteiger partial charge in [0.05, 0.1) is 6.61 Å². The van der Waals surface area contributed by atoms with E-state index in [0.717, 1.165) is 39.3 Å². The van der Waals surface area contributed by atoms with Crippen molar-refractivity contribution in [3.8, 4) is 0 Å². The highest BCUT2D eigenvalue weighted by Gasteiger charge is 2.29. The number of rotatable bonds is 3.